The Morgan fingerprint density at radius 2 is 2.28 bits per heavy atom. The van der Waals surface area contributed by atoms with E-state index in [-0.39, 0.29) is 5.91 Å². The number of hydrogen-bond donors (Lipinski definition) is 2. The number of carbonyl (C=O) groups excluding carboxylic acids is 1. The second-order valence-electron chi connectivity index (χ2n) is 4.57. The minimum Gasteiger partial charge on any atom is -0.352 e. The summed E-state index contributed by atoms with van der Waals surface area (Å²) in [5.41, 5.74) is 6.81. The molecule has 1 aromatic rings. The van der Waals surface area contributed by atoms with Crippen LogP contribution in [0.2, 0.25) is 0 Å². The van der Waals surface area contributed by atoms with Gasteiger partial charge in [0.25, 0.3) is 5.91 Å². The molecule has 1 saturated carbocycles. The van der Waals surface area contributed by atoms with Gasteiger partial charge in [0, 0.05) is 17.7 Å². The van der Waals surface area contributed by atoms with E-state index in [1.54, 1.807) is 12.1 Å². The summed E-state index contributed by atoms with van der Waals surface area (Å²) in [6, 6.07) is 7.33. The summed E-state index contributed by atoms with van der Waals surface area (Å²) >= 11 is 0. The molecule has 2 rings (SSSR count). The number of nitrogens with two attached hydrogens (primary N) is 1. The van der Waals surface area contributed by atoms with Crippen LogP contribution in [0.1, 0.15) is 35.2 Å². The molecule has 0 unspecified atom stereocenters. The van der Waals surface area contributed by atoms with Gasteiger partial charge in [-0.25, -0.2) is 0 Å². The molecular weight excluding hydrogens is 224 g/mol. The maximum atomic E-state index is 11.9. The van der Waals surface area contributed by atoms with Crippen LogP contribution >= 0.6 is 0 Å². The van der Waals surface area contributed by atoms with Crippen molar-refractivity contribution < 1.29 is 4.79 Å². The zero-order valence-electron chi connectivity index (χ0n) is 10.4. The molecule has 0 saturated heterocycles. The first-order chi connectivity index (χ1) is 8.79. The van der Waals surface area contributed by atoms with Crippen LogP contribution in [0.5, 0.6) is 0 Å². The lowest BCUT2D eigenvalue weighted by atomic mass is 10.1. The summed E-state index contributed by atoms with van der Waals surface area (Å²) in [4.78, 5) is 11.9. The molecule has 3 N–H and O–H groups in total. The van der Waals surface area contributed by atoms with Gasteiger partial charge in [0.1, 0.15) is 0 Å². The molecule has 94 valence electrons. The van der Waals surface area contributed by atoms with E-state index >= 15 is 0 Å². The number of nitrogens with one attached hydrogen (secondary N) is 1. The lowest BCUT2D eigenvalue weighted by Gasteiger charge is -2.04. The molecule has 1 amide bonds. The molecular formula is C15H18N2O. The van der Waals surface area contributed by atoms with Crippen molar-refractivity contribution in [2.75, 3.05) is 13.1 Å². The molecule has 1 fully saturated rings. The molecule has 0 aliphatic heterocycles. The summed E-state index contributed by atoms with van der Waals surface area (Å²) in [5, 5.41) is 2.94. The van der Waals surface area contributed by atoms with Gasteiger partial charge < -0.3 is 11.1 Å². The topological polar surface area (TPSA) is 55.1 Å². The minimum atomic E-state index is -0.0213. The van der Waals surface area contributed by atoms with Crippen molar-refractivity contribution in [3.8, 4) is 11.8 Å². The Balaban J connectivity index is 1.91. The largest absolute Gasteiger partial charge is 0.352 e. The molecule has 3 nitrogen and oxygen atoms in total. The molecule has 0 bridgehead atoms. The zero-order valence-corrected chi connectivity index (χ0v) is 10.4. The Kier molecular flexibility index (Phi) is 4.38. The summed E-state index contributed by atoms with van der Waals surface area (Å²) in [5.74, 6) is 6.53. The van der Waals surface area contributed by atoms with Gasteiger partial charge in [-0.1, -0.05) is 30.7 Å². The van der Waals surface area contributed by atoms with Crippen molar-refractivity contribution in [1.82, 2.24) is 5.32 Å². The summed E-state index contributed by atoms with van der Waals surface area (Å²) < 4.78 is 0. The summed E-state index contributed by atoms with van der Waals surface area (Å²) in [7, 11) is 0. The third kappa shape index (κ3) is 3.90. The lowest BCUT2D eigenvalue weighted by Crippen LogP contribution is -2.24. The van der Waals surface area contributed by atoms with Crippen LogP contribution in [0.15, 0.2) is 24.3 Å². The normalized spacial score (nSPS) is 13.6. The third-order valence-corrected chi connectivity index (χ3v) is 2.99. The molecule has 0 radical (unpaired) electrons. The van der Waals surface area contributed by atoms with Gasteiger partial charge >= 0.3 is 0 Å². The van der Waals surface area contributed by atoms with Gasteiger partial charge in [0.2, 0.25) is 0 Å². The van der Waals surface area contributed by atoms with E-state index in [0.717, 1.165) is 24.4 Å². The molecule has 1 aliphatic rings. The van der Waals surface area contributed by atoms with E-state index in [0.29, 0.717) is 12.1 Å². The Labute approximate surface area is 108 Å². The van der Waals surface area contributed by atoms with Gasteiger partial charge in [-0.05, 0) is 30.5 Å². The van der Waals surface area contributed by atoms with E-state index in [4.69, 9.17) is 5.73 Å². The second-order valence-corrected chi connectivity index (χ2v) is 4.57. The van der Waals surface area contributed by atoms with Crippen LogP contribution in [0, 0.1) is 17.8 Å². The predicted octanol–water partition coefficient (Wildman–Crippen LogP) is 1.53. The fourth-order valence-corrected chi connectivity index (χ4v) is 1.79. The average molecular weight is 242 g/mol. The maximum Gasteiger partial charge on any atom is 0.251 e. The smallest absolute Gasteiger partial charge is 0.251 e. The Bertz CT molecular complexity index is 481. The highest BCUT2D eigenvalue weighted by atomic mass is 16.1. The van der Waals surface area contributed by atoms with Crippen LogP contribution in [0.25, 0.3) is 0 Å². The van der Waals surface area contributed by atoms with Crippen molar-refractivity contribution >= 4 is 5.91 Å². The van der Waals surface area contributed by atoms with Gasteiger partial charge in [0.05, 0.1) is 6.54 Å². The summed E-state index contributed by atoms with van der Waals surface area (Å²) in [6.07, 6.45) is 3.73. The molecule has 0 aromatic heterocycles. The standard InChI is InChI=1S/C15H18N2O/c16-9-2-4-13-3-1-5-14(11-13)15(18)17-10-8-12-6-7-12/h1,3,5,11-12H,6-10,16H2,(H,17,18). The quantitative estimate of drug-likeness (QED) is 0.787. The number of carbonyl (C=O) groups is 1. The summed E-state index contributed by atoms with van der Waals surface area (Å²) in [6.45, 7) is 1.10. The first-order valence-electron chi connectivity index (χ1n) is 6.37. The van der Waals surface area contributed by atoms with E-state index < -0.39 is 0 Å². The number of hydrogen-bond acceptors (Lipinski definition) is 2. The highest BCUT2D eigenvalue weighted by Gasteiger charge is 2.20. The molecule has 1 aromatic carbocycles. The van der Waals surface area contributed by atoms with Gasteiger partial charge in [0.15, 0.2) is 0 Å². The molecule has 0 atom stereocenters. The highest BCUT2D eigenvalue weighted by molar-refractivity contribution is 5.94. The number of benzene rings is 1. The van der Waals surface area contributed by atoms with E-state index in [1.165, 1.54) is 12.8 Å². The van der Waals surface area contributed by atoms with Gasteiger partial charge in [-0.15, -0.1) is 0 Å². The van der Waals surface area contributed by atoms with Crippen molar-refractivity contribution in [2.24, 2.45) is 11.7 Å². The van der Waals surface area contributed by atoms with Crippen molar-refractivity contribution in [2.45, 2.75) is 19.3 Å². The van der Waals surface area contributed by atoms with Gasteiger partial charge in [-0.2, -0.15) is 0 Å². The Morgan fingerprint density at radius 3 is 3.00 bits per heavy atom. The fraction of sp³-hybridized carbons (Fsp3) is 0.400. The van der Waals surface area contributed by atoms with Crippen LogP contribution in [-0.2, 0) is 0 Å². The van der Waals surface area contributed by atoms with Gasteiger partial charge in [-0.3, -0.25) is 4.79 Å². The van der Waals surface area contributed by atoms with Crippen LogP contribution in [-0.4, -0.2) is 19.0 Å². The number of rotatable bonds is 4. The lowest BCUT2D eigenvalue weighted by molar-refractivity contribution is 0.0952. The Morgan fingerprint density at radius 1 is 1.44 bits per heavy atom. The molecule has 18 heavy (non-hydrogen) atoms. The van der Waals surface area contributed by atoms with Crippen LogP contribution in [0.4, 0.5) is 0 Å². The van der Waals surface area contributed by atoms with E-state index in [9.17, 15) is 4.79 Å². The van der Waals surface area contributed by atoms with Crippen LogP contribution < -0.4 is 11.1 Å². The molecule has 1 aliphatic carbocycles. The second kappa shape index (κ2) is 6.23. The van der Waals surface area contributed by atoms with Crippen molar-refractivity contribution in [1.29, 1.82) is 0 Å². The molecule has 0 spiro atoms. The van der Waals surface area contributed by atoms with Crippen molar-refractivity contribution in [3.05, 3.63) is 35.4 Å². The minimum absolute atomic E-state index is 0.0213. The van der Waals surface area contributed by atoms with Crippen LogP contribution in [0.3, 0.4) is 0 Å². The van der Waals surface area contributed by atoms with E-state index in [2.05, 4.69) is 17.2 Å². The predicted molar refractivity (Wildman–Crippen MR) is 72.0 cm³/mol. The third-order valence-electron chi connectivity index (χ3n) is 2.99. The molecule has 3 heteroatoms. The first kappa shape index (κ1) is 12.7. The zero-order chi connectivity index (χ0) is 12.8. The SMILES string of the molecule is NCC#Cc1cccc(C(=O)NCCC2CC2)c1. The van der Waals surface area contributed by atoms with E-state index in [1.807, 2.05) is 12.1 Å². The monoisotopic (exact) mass is 242 g/mol. The van der Waals surface area contributed by atoms with Crippen molar-refractivity contribution in [3.63, 3.8) is 0 Å². The fourth-order valence-electron chi connectivity index (χ4n) is 1.79. The Hall–Kier alpha value is -1.79. The maximum absolute atomic E-state index is 11.9. The molecule has 0 heterocycles. The number of amides is 1. The average Bonchev–Trinajstić information content (AvgIpc) is 3.20. The first-order valence-corrected chi connectivity index (χ1v) is 6.37. The highest BCUT2D eigenvalue weighted by Crippen LogP contribution is 2.31.